The lowest BCUT2D eigenvalue weighted by Gasteiger charge is -2.10. The second-order valence-electron chi connectivity index (χ2n) is 6.16. The second kappa shape index (κ2) is 8.59. The van der Waals surface area contributed by atoms with Crippen LogP contribution in [0, 0.1) is 0 Å². The van der Waals surface area contributed by atoms with Crippen LogP contribution in [0.25, 0.3) is 10.7 Å². The minimum Gasteiger partial charge on any atom is -0.352 e. The molecule has 0 atom stereocenters. The molecule has 2 amide bonds. The number of aromatic nitrogens is 2. The Kier molecular flexibility index (Phi) is 5.97. The Labute approximate surface area is 161 Å². The summed E-state index contributed by atoms with van der Waals surface area (Å²) in [6.45, 7) is 0.402. The van der Waals surface area contributed by atoms with Crippen LogP contribution in [0.15, 0.2) is 46.3 Å². The monoisotopic (exact) mass is 384 g/mol. The summed E-state index contributed by atoms with van der Waals surface area (Å²) in [5, 5.41) is 8.73. The fourth-order valence-electron chi connectivity index (χ4n) is 2.40. The predicted octanol–water partition coefficient (Wildman–Crippen LogP) is 2.75. The molecule has 0 spiro atoms. The predicted molar refractivity (Wildman–Crippen MR) is 102 cm³/mol. The first-order chi connectivity index (χ1) is 13.0. The molecular formula is C19H20N4O3S. The largest absolute Gasteiger partial charge is 0.352 e. The first-order valence-corrected chi connectivity index (χ1v) is 9.34. The van der Waals surface area contributed by atoms with Crippen LogP contribution in [0.2, 0.25) is 0 Å². The van der Waals surface area contributed by atoms with E-state index in [0.29, 0.717) is 30.2 Å². The van der Waals surface area contributed by atoms with Crippen molar-refractivity contribution < 1.29 is 14.1 Å². The first kappa shape index (κ1) is 18.8. The molecule has 1 aromatic carbocycles. The first-order valence-electron chi connectivity index (χ1n) is 8.46. The summed E-state index contributed by atoms with van der Waals surface area (Å²) in [5.41, 5.74) is 1.55. The number of carbonyl (C=O) groups is 2. The van der Waals surface area contributed by atoms with Gasteiger partial charge in [0.05, 0.1) is 4.88 Å². The van der Waals surface area contributed by atoms with Crippen LogP contribution in [0.3, 0.4) is 0 Å². The quantitative estimate of drug-likeness (QED) is 0.677. The standard InChI is InChI=1S/C19H20N4O3S/c1-23(2)19(25)14-7-5-13(6-8-14)12-20-16(24)9-10-17-21-18(22-26-17)15-4-3-11-27-15/h3-8,11H,9-10,12H2,1-2H3,(H,20,24). The molecule has 2 heterocycles. The molecule has 0 aliphatic rings. The maximum Gasteiger partial charge on any atom is 0.253 e. The van der Waals surface area contributed by atoms with Crippen LogP contribution in [0.4, 0.5) is 0 Å². The van der Waals surface area contributed by atoms with Crippen molar-refractivity contribution in [1.82, 2.24) is 20.4 Å². The van der Waals surface area contributed by atoms with E-state index in [1.54, 1.807) is 26.2 Å². The Balaban J connectivity index is 1.45. The zero-order valence-electron chi connectivity index (χ0n) is 15.1. The molecule has 0 fully saturated rings. The Bertz CT molecular complexity index is 901. The number of nitrogens with zero attached hydrogens (tertiary/aromatic N) is 3. The third-order valence-corrected chi connectivity index (χ3v) is 4.74. The van der Waals surface area contributed by atoms with Gasteiger partial charge >= 0.3 is 0 Å². The lowest BCUT2D eigenvalue weighted by atomic mass is 10.1. The average Bonchev–Trinajstić information content (AvgIpc) is 3.35. The average molecular weight is 384 g/mol. The molecule has 3 aromatic rings. The van der Waals surface area contributed by atoms with Crippen molar-refractivity contribution in [2.24, 2.45) is 0 Å². The number of hydrogen-bond acceptors (Lipinski definition) is 6. The highest BCUT2D eigenvalue weighted by Crippen LogP contribution is 2.21. The summed E-state index contributed by atoms with van der Waals surface area (Å²) >= 11 is 1.54. The Morgan fingerprint density at radius 3 is 2.63 bits per heavy atom. The molecule has 0 saturated heterocycles. The van der Waals surface area contributed by atoms with E-state index in [4.69, 9.17) is 4.52 Å². The van der Waals surface area contributed by atoms with E-state index < -0.39 is 0 Å². The highest BCUT2D eigenvalue weighted by atomic mass is 32.1. The number of benzene rings is 1. The summed E-state index contributed by atoms with van der Waals surface area (Å²) in [6, 6.07) is 11.0. The lowest BCUT2D eigenvalue weighted by Crippen LogP contribution is -2.23. The number of carbonyl (C=O) groups excluding carboxylic acids is 2. The number of aryl methyl sites for hydroxylation is 1. The minimum atomic E-state index is -0.0979. The van der Waals surface area contributed by atoms with Gasteiger partial charge in [-0.1, -0.05) is 23.4 Å². The summed E-state index contributed by atoms with van der Waals surface area (Å²) in [7, 11) is 3.42. The molecule has 0 saturated carbocycles. The summed E-state index contributed by atoms with van der Waals surface area (Å²) in [5.74, 6) is 0.847. The normalized spacial score (nSPS) is 10.6. The molecule has 3 rings (SSSR count). The van der Waals surface area contributed by atoms with Gasteiger partial charge in [-0.3, -0.25) is 9.59 Å². The van der Waals surface area contributed by atoms with Crippen molar-refractivity contribution in [3.05, 3.63) is 58.8 Å². The van der Waals surface area contributed by atoms with E-state index in [0.717, 1.165) is 10.4 Å². The molecule has 8 heteroatoms. The van der Waals surface area contributed by atoms with Crippen molar-refractivity contribution in [3.63, 3.8) is 0 Å². The van der Waals surface area contributed by atoms with Gasteiger partial charge in [0.15, 0.2) is 0 Å². The molecule has 0 aliphatic carbocycles. The molecule has 0 unspecified atom stereocenters. The molecule has 0 bridgehead atoms. The van der Waals surface area contributed by atoms with Crippen LogP contribution in [-0.4, -0.2) is 41.0 Å². The van der Waals surface area contributed by atoms with Gasteiger partial charge in [-0.15, -0.1) is 11.3 Å². The Morgan fingerprint density at radius 2 is 1.96 bits per heavy atom. The SMILES string of the molecule is CN(C)C(=O)c1ccc(CNC(=O)CCc2nc(-c3cccs3)no2)cc1. The van der Waals surface area contributed by atoms with E-state index in [9.17, 15) is 9.59 Å². The van der Waals surface area contributed by atoms with Gasteiger partial charge in [-0.05, 0) is 29.1 Å². The number of amides is 2. The van der Waals surface area contributed by atoms with E-state index in [2.05, 4.69) is 15.5 Å². The summed E-state index contributed by atoms with van der Waals surface area (Å²) in [4.78, 5) is 30.6. The third kappa shape index (κ3) is 5.01. The van der Waals surface area contributed by atoms with Gasteiger partial charge in [0.1, 0.15) is 0 Å². The molecular weight excluding hydrogens is 364 g/mol. The zero-order valence-corrected chi connectivity index (χ0v) is 16.0. The molecule has 27 heavy (non-hydrogen) atoms. The smallest absolute Gasteiger partial charge is 0.253 e. The van der Waals surface area contributed by atoms with E-state index in [-0.39, 0.29) is 18.2 Å². The van der Waals surface area contributed by atoms with Gasteiger partial charge in [0, 0.05) is 39.0 Å². The highest BCUT2D eigenvalue weighted by Gasteiger charge is 2.11. The topological polar surface area (TPSA) is 88.3 Å². The third-order valence-electron chi connectivity index (χ3n) is 3.87. The Hall–Kier alpha value is -3.00. The summed E-state index contributed by atoms with van der Waals surface area (Å²) < 4.78 is 5.19. The Morgan fingerprint density at radius 1 is 1.19 bits per heavy atom. The van der Waals surface area contributed by atoms with Crippen LogP contribution in [0.1, 0.15) is 28.2 Å². The van der Waals surface area contributed by atoms with Crippen molar-refractivity contribution >= 4 is 23.2 Å². The lowest BCUT2D eigenvalue weighted by molar-refractivity contribution is -0.121. The molecule has 7 nitrogen and oxygen atoms in total. The van der Waals surface area contributed by atoms with Crippen molar-refractivity contribution in [3.8, 4) is 10.7 Å². The molecule has 140 valence electrons. The van der Waals surface area contributed by atoms with E-state index in [1.807, 2.05) is 29.6 Å². The van der Waals surface area contributed by atoms with Crippen LogP contribution >= 0.6 is 11.3 Å². The minimum absolute atomic E-state index is 0.0490. The van der Waals surface area contributed by atoms with Crippen molar-refractivity contribution in [1.29, 1.82) is 0 Å². The van der Waals surface area contributed by atoms with E-state index >= 15 is 0 Å². The number of rotatable bonds is 7. The van der Waals surface area contributed by atoms with Crippen LogP contribution < -0.4 is 5.32 Å². The van der Waals surface area contributed by atoms with Crippen molar-refractivity contribution in [2.45, 2.75) is 19.4 Å². The van der Waals surface area contributed by atoms with Crippen molar-refractivity contribution in [2.75, 3.05) is 14.1 Å². The molecule has 1 N–H and O–H groups in total. The molecule has 2 aromatic heterocycles. The fourth-order valence-corrected chi connectivity index (χ4v) is 3.04. The van der Waals surface area contributed by atoms with Gasteiger partial charge in [-0.25, -0.2) is 0 Å². The zero-order chi connectivity index (χ0) is 19.2. The maximum atomic E-state index is 12.0. The molecule has 0 radical (unpaired) electrons. The van der Waals surface area contributed by atoms with Crippen LogP contribution in [0.5, 0.6) is 0 Å². The number of thiophene rings is 1. The number of hydrogen-bond donors (Lipinski definition) is 1. The van der Waals surface area contributed by atoms with Gasteiger partial charge in [0.25, 0.3) is 5.91 Å². The summed E-state index contributed by atoms with van der Waals surface area (Å²) in [6.07, 6.45) is 0.657. The van der Waals surface area contributed by atoms with E-state index in [1.165, 1.54) is 16.2 Å². The maximum absolute atomic E-state index is 12.0. The van der Waals surface area contributed by atoms with Gasteiger partial charge in [0.2, 0.25) is 17.6 Å². The van der Waals surface area contributed by atoms with Gasteiger partial charge < -0.3 is 14.7 Å². The number of nitrogens with one attached hydrogen (secondary N) is 1. The highest BCUT2D eigenvalue weighted by molar-refractivity contribution is 7.13. The van der Waals surface area contributed by atoms with Crippen LogP contribution in [-0.2, 0) is 17.8 Å². The second-order valence-corrected chi connectivity index (χ2v) is 7.11. The fraction of sp³-hybridized carbons (Fsp3) is 0.263. The molecule has 0 aliphatic heterocycles. The van der Waals surface area contributed by atoms with Gasteiger partial charge in [-0.2, -0.15) is 4.98 Å².